The molecule has 1 aliphatic heterocycles. The molecule has 0 aliphatic carbocycles. The minimum atomic E-state index is -3.82. The number of hydrogen-bond donors (Lipinski definition) is 2. The molecule has 1 unspecified atom stereocenters. The van der Waals surface area contributed by atoms with Gasteiger partial charge in [0, 0.05) is 19.0 Å². The van der Waals surface area contributed by atoms with E-state index in [-0.39, 0.29) is 34.3 Å². The van der Waals surface area contributed by atoms with Crippen LogP contribution in [0.2, 0.25) is 0 Å². The second-order valence-corrected chi connectivity index (χ2v) is 9.43. The Balaban J connectivity index is 1.38. The standard InChI is InChI=1S/C22H23N5O5S/c1-14(16-4-2-5-17(12-16)33(24,29)30)25-20(28)15-7-9-27(10-8-15)22-18(13-23)26-21(32-22)19-6-3-11-31-19/h2-6,11-12,14-15H,7-10H2,1H3,(H,25,28)(H2,24,29,30). The Morgan fingerprint density at radius 2 is 2.06 bits per heavy atom. The van der Waals surface area contributed by atoms with E-state index < -0.39 is 10.0 Å². The van der Waals surface area contributed by atoms with Gasteiger partial charge in [-0.05, 0) is 49.6 Å². The van der Waals surface area contributed by atoms with E-state index in [9.17, 15) is 18.5 Å². The van der Waals surface area contributed by atoms with Crippen molar-refractivity contribution in [3.05, 3.63) is 53.9 Å². The summed E-state index contributed by atoms with van der Waals surface area (Å²) < 4.78 is 34.2. The third-order valence-electron chi connectivity index (χ3n) is 5.65. The lowest BCUT2D eigenvalue weighted by molar-refractivity contribution is -0.126. The fraction of sp³-hybridized carbons (Fsp3) is 0.318. The lowest BCUT2D eigenvalue weighted by atomic mass is 9.95. The zero-order chi connectivity index (χ0) is 23.6. The summed E-state index contributed by atoms with van der Waals surface area (Å²) in [5.74, 6) is 0.714. The Labute approximate surface area is 191 Å². The summed E-state index contributed by atoms with van der Waals surface area (Å²) in [6, 6.07) is 11.3. The summed E-state index contributed by atoms with van der Waals surface area (Å²) >= 11 is 0. The maximum Gasteiger partial charge on any atom is 0.266 e. The van der Waals surface area contributed by atoms with Crippen LogP contribution >= 0.6 is 0 Å². The molecule has 4 rings (SSSR count). The van der Waals surface area contributed by atoms with Crippen molar-refractivity contribution >= 4 is 21.8 Å². The molecule has 172 valence electrons. The molecule has 2 aromatic heterocycles. The van der Waals surface area contributed by atoms with Gasteiger partial charge in [0.05, 0.1) is 17.2 Å². The number of carbonyl (C=O) groups excluding carboxylic acids is 1. The number of piperidine rings is 1. The molecule has 1 fully saturated rings. The molecule has 10 nitrogen and oxygen atoms in total. The van der Waals surface area contributed by atoms with Gasteiger partial charge in [0.25, 0.3) is 5.89 Å². The molecule has 0 saturated carbocycles. The molecule has 3 heterocycles. The first-order chi connectivity index (χ1) is 15.8. The smallest absolute Gasteiger partial charge is 0.266 e. The largest absolute Gasteiger partial charge is 0.459 e. The Morgan fingerprint density at radius 3 is 2.70 bits per heavy atom. The Bertz CT molecular complexity index is 1280. The van der Waals surface area contributed by atoms with E-state index in [1.54, 1.807) is 31.2 Å². The highest BCUT2D eigenvalue weighted by molar-refractivity contribution is 7.89. The lowest BCUT2D eigenvalue weighted by Gasteiger charge is -2.31. The topological polar surface area (TPSA) is 155 Å². The molecule has 1 aliphatic rings. The van der Waals surface area contributed by atoms with Crippen molar-refractivity contribution < 1.29 is 22.0 Å². The van der Waals surface area contributed by atoms with E-state index in [4.69, 9.17) is 14.0 Å². The number of furan rings is 1. The molecule has 0 radical (unpaired) electrons. The highest BCUT2D eigenvalue weighted by Gasteiger charge is 2.30. The van der Waals surface area contributed by atoms with Crippen LogP contribution in [0.25, 0.3) is 11.7 Å². The predicted octanol–water partition coefficient (Wildman–Crippen LogP) is 2.55. The Hall–Kier alpha value is -3.62. The fourth-order valence-corrected chi connectivity index (χ4v) is 4.39. The van der Waals surface area contributed by atoms with Crippen LogP contribution in [-0.2, 0) is 14.8 Å². The number of nitrogens with two attached hydrogens (primary N) is 1. The Morgan fingerprint density at radius 1 is 1.30 bits per heavy atom. The zero-order valence-electron chi connectivity index (χ0n) is 17.9. The normalized spacial score (nSPS) is 15.7. The lowest BCUT2D eigenvalue weighted by Crippen LogP contribution is -2.41. The molecule has 1 saturated heterocycles. The number of rotatable bonds is 6. The van der Waals surface area contributed by atoms with Crippen LogP contribution < -0.4 is 15.4 Å². The van der Waals surface area contributed by atoms with Crippen molar-refractivity contribution in [2.45, 2.75) is 30.7 Å². The summed E-state index contributed by atoms with van der Waals surface area (Å²) in [6.07, 6.45) is 2.64. The van der Waals surface area contributed by atoms with Crippen molar-refractivity contribution in [2.24, 2.45) is 11.1 Å². The van der Waals surface area contributed by atoms with Crippen molar-refractivity contribution in [3.8, 4) is 17.7 Å². The third-order valence-corrected chi connectivity index (χ3v) is 6.56. The number of oxazole rings is 1. The quantitative estimate of drug-likeness (QED) is 0.558. The molecule has 0 bridgehead atoms. The van der Waals surface area contributed by atoms with Crippen molar-refractivity contribution in [3.63, 3.8) is 0 Å². The summed E-state index contributed by atoms with van der Waals surface area (Å²) in [5, 5.41) is 17.6. The van der Waals surface area contributed by atoms with Crippen LogP contribution in [0.1, 0.15) is 37.1 Å². The first-order valence-corrected chi connectivity index (χ1v) is 11.9. The van der Waals surface area contributed by atoms with Crippen LogP contribution in [0.5, 0.6) is 0 Å². The maximum atomic E-state index is 12.8. The predicted molar refractivity (Wildman–Crippen MR) is 118 cm³/mol. The van der Waals surface area contributed by atoms with Crippen LogP contribution in [0, 0.1) is 17.2 Å². The van der Waals surface area contributed by atoms with Crippen molar-refractivity contribution in [2.75, 3.05) is 18.0 Å². The number of anilines is 1. The molecule has 1 aromatic carbocycles. The van der Waals surface area contributed by atoms with Crippen molar-refractivity contribution in [1.82, 2.24) is 10.3 Å². The van der Waals surface area contributed by atoms with E-state index >= 15 is 0 Å². The molecule has 1 atom stereocenters. The second kappa shape index (κ2) is 9.09. The average Bonchev–Trinajstić information content (AvgIpc) is 3.48. The molecular formula is C22H23N5O5S. The summed E-state index contributed by atoms with van der Waals surface area (Å²) in [4.78, 5) is 18.9. The summed E-state index contributed by atoms with van der Waals surface area (Å²) in [5.41, 5.74) is 0.825. The van der Waals surface area contributed by atoms with Gasteiger partial charge in [-0.3, -0.25) is 4.79 Å². The molecule has 1 amide bonds. The minimum Gasteiger partial charge on any atom is -0.459 e. The monoisotopic (exact) mass is 469 g/mol. The SMILES string of the molecule is CC(NC(=O)C1CCN(c2oc(-c3ccco3)nc2C#N)CC1)c1cccc(S(N)(=O)=O)c1. The molecule has 11 heteroatoms. The third kappa shape index (κ3) is 4.92. The number of nitrogens with one attached hydrogen (secondary N) is 1. The Kier molecular flexibility index (Phi) is 6.22. The van der Waals surface area contributed by atoms with Gasteiger partial charge in [-0.15, -0.1) is 0 Å². The number of aromatic nitrogens is 1. The van der Waals surface area contributed by atoms with Gasteiger partial charge in [-0.2, -0.15) is 10.2 Å². The van der Waals surface area contributed by atoms with Gasteiger partial charge in [0.2, 0.25) is 27.5 Å². The van der Waals surface area contributed by atoms with E-state index in [0.29, 0.717) is 43.1 Å². The number of sulfonamides is 1. The maximum absolute atomic E-state index is 12.8. The van der Waals surface area contributed by atoms with Crippen LogP contribution in [0.4, 0.5) is 5.88 Å². The summed E-state index contributed by atoms with van der Waals surface area (Å²) in [7, 11) is -3.82. The van der Waals surface area contributed by atoms with Crippen LogP contribution in [0.3, 0.4) is 0 Å². The summed E-state index contributed by atoms with van der Waals surface area (Å²) in [6.45, 7) is 2.84. The number of amides is 1. The number of nitrogens with zero attached hydrogens (tertiary/aromatic N) is 3. The number of primary sulfonamides is 1. The second-order valence-electron chi connectivity index (χ2n) is 7.87. The van der Waals surface area contributed by atoms with Crippen molar-refractivity contribution in [1.29, 1.82) is 5.26 Å². The number of hydrogen-bond acceptors (Lipinski definition) is 8. The molecular weight excluding hydrogens is 446 g/mol. The van der Waals surface area contributed by atoms with E-state index in [1.807, 2.05) is 11.0 Å². The first-order valence-electron chi connectivity index (χ1n) is 10.4. The molecule has 3 N–H and O–H groups in total. The van der Waals surface area contributed by atoms with Gasteiger partial charge in [-0.25, -0.2) is 13.6 Å². The highest BCUT2D eigenvalue weighted by Crippen LogP contribution is 2.31. The molecule has 33 heavy (non-hydrogen) atoms. The number of carbonyl (C=O) groups is 1. The van der Waals surface area contributed by atoms with E-state index in [2.05, 4.69) is 10.3 Å². The minimum absolute atomic E-state index is 0.00341. The zero-order valence-corrected chi connectivity index (χ0v) is 18.7. The average molecular weight is 470 g/mol. The molecule has 3 aromatic rings. The van der Waals surface area contributed by atoms with Gasteiger partial charge in [0.15, 0.2) is 5.76 Å². The van der Waals surface area contributed by atoms with Crippen LogP contribution in [0.15, 0.2) is 56.4 Å². The highest BCUT2D eigenvalue weighted by atomic mass is 32.2. The van der Waals surface area contributed by atoms with Gasteiger partial charge < -0.3 is 19.1 Å². The van der Waals surface area contributed by atoms with E-state index in [0.717, 1.165) is 0 Å². The van der Waals surface area contributed by atoms with Gasteiger partial charge in [-0.1, -0.05) is 12.1 Å². The molecule has 0 spiro atoms. The van der Waals surface area contributed by atoms with Gasteiger partial charge in [0.1, 0.15) is 6.07 Å². The van der Waals surface area contributed by atoms with Crippen LogP contribution in [-0.4, -0.2) is 32.4 Å². The number of nitriles is 1. The first kappa shape index (κ1) is 22.6. The van der Waals surface area contributed by atoms with E-state index in [1.165, 1.54) is 18.4 Å². The fourth-order valence-electron chi connectivity index (χ4n) is 3.83. The number of benzene rings is 1. The van der Waals surface area contributed by atoms with Gasteiger partial charge >= 0.3 is 0 Å².